The Kier molecular flexibility index (Phi) is 8.63. The van der Waals surface area contributed by atoms with Crippen LogP contribution in [-0.2, 0) is 11.2 Å². The van der Waals surface area contributed by atoms with E-state index in [-0.39, 0.29) is 24.6 Å². The van der Waals surface area contributed by atoms with Crippen molar-refractivity contribution in [2.24, 2.45) is 0 Å². The minimum atomic E-state index is -0.505. The third-order valence-corrected chi connectivity index (χ3v) is 3.73. The molecule has 0 amide bonds. The first-order valence-electron chi connectivity index (χ1n) is 7.96. The van der Waals surface area contributed by atoms with Crippen molar-refractivity contribution in [2.75, 3.05) is 26.2 Å². The molecule has 3 unspecified atom stereocenters. The van der Waals surface area contributed by atoms with E-state index in [2.05, 4.69) is 25.3 Å². The molecule has 1 aromatic rings. The number of aliphatic hydroxyl groups is 1. The van der Waals surface area contributed by atoms with E-state index in [4.69, 9.17) is 9.47 Å². The van der Waals surface area contributed by atoms with Crippen molar-refractivity contribution in [1.82, 2.24) is 4.90 Å². The highest BCUT2D eigenvalue weighted by atomic mass is 35.5. The summed E-state index contributed by atoms with van der Waals surface area (Å²) >= 11 is 0. The van der Waals surface area contributed by atoms with E-state index >= 15 is 0 Å². The lowest BCUT2D eigenvalue weighted by Gasteiger charge is -2.36. The molecule has 5 heteroatoms. The molecule has 1 aromatic carbocycles. The summed E-state index contributed by atoms with van der Waals surface area (Å²) in [5, 5.41) is 10.2. The molecule has 130 valence electrons. The highest BCUT2D eigenvalue weighted by Gasteiger charge is 2.24. The van der Waals surface area contributed by atoms with Crippen LogP contribution >= 0.6 is 12.4 Å². The van der Waals surface area contributed by atoms with E-state index in [1.54, 1.807) is 0 Å². The molecule has 0 aromatic heterocycles. The summed E-state index contributed by atoms with van der Waals surface area (Å²) in [7, 11) is 0. The molecule has 0 radical (unpaired) electrons. The fourth-order valence-corrected chi connectivity index (χ4v) is 2.94. The van der Waals surface area contributed by atoms with E-state index in [1.165, 1.54) is 0 Å². The molecule has 0 spiro atoms. The minimum Gasteiger partial charge on any atom is -0.491 e. The SMILES string of the molecule is C=CCc1ccccc1OCC(O)CN1CC(C)OC(C)C1.Cl. The van der Waals surface area contributed by atoms with Crippen molar-refractivity contribution in [3.05, 3.63) is 42.5 Å². The summed E-state index contributed by atoms with van der Waals surface area (Å²) in [4.78, 5) is 2.24. The molecule has 0 bridgehead atoms. The van der Waals surface area contributed by atoms with Crippen molar-refractivity contribution in [1.29, 1.82) is 0 Å². The maximum absolute atomic E-state index is 10.2. The molecule has 23 heavy (non-hydrogen) atoms. The van der Waals surface area contributed by atoms with Gasteiger partial charge in [0.05, 0.1) is 12.2 Å². The quantitative estimate of drug-likeness (QED) is 0.774. The van der Waals surface area contributed by atoms with E-state index in [0.29, 0.717) is 13.2 Å². The number of aliphatic hydroxyl groups excluding tert-OH is 1. The van der Waals surface area contributed by atoms with Gasteiger partial charge in [-0.3, -0.25) is 4.90 Å². The Hall–Kier alpha value is -1.07. The topological polar surface area (TPSA) is 41.9 Å². The number of para-hydroxylation sites is 1. The lowest BCUT2D eigenvalue weighted by atomic mass is 10.1. The Morgan fingerprint density at radius 3 is 2.65 bits per heavy atom. The number of morpholine rings is 1. The third kappa shape index (κ3) is 6.51. The largest absolute Gasteiger partial charge is 0.491 e. The number of halogens is 1. The van der Waals surface area contributed by atoms with E-state index in [0.717, 1.165) is 30.8 Å². The number of hydrogen-bond acceptors (Lipinski definition) is 4. The number of nitrogens with zero attached hydrogens (tertiary/aromatic N) is 1. The molecule has 1 N–H and O–H groups in total. The van der Waals surface area contributed by atoms with Crippen molar-refractivity contribution in [3.63, 3.8) is 0 Å². The van der Waals surface area contributed by atoms with E-state index in [1.807, 2.05) is 30.3 Å². The van der Waals surface area contributed by atoms with Crippen molar-refractivity contribution < 1.29 is 14.6 Å². The fraction of sp³-hybridized carbons (Fsp3) is 0.556. The molecule has 1 fully saturated rings. The van der Waals surface area contributed by atoms with Crippen LogP contribution in [0.3, 0.4) is 0 Å². The molecule has 2 rings (SSSR count). The van der Waals surface area contributed by atoms with Crippen molar-refractivity contribution >= 4 is 12.4 Å². The smallest absolute Gasteiger partial charge is 0.122 e. The van der Waals surface area contributed by atoms with Gasteiger partial charge in [0.25, 0.3) is 0 Å². The van der Waals surface area contributed by atoms with Crippen molar-refractivity contribution in [3.8, 4) is 5.75 Å². The first-order chi connectivity index (χ1) is 10.6. The van der Waals surface area contributed by atoms with Crippen LogP contribution in [-0.4, -0.2) is 54.6 Å². The Bertz CT molecular complexity index is 473. The van der Waals surface area contributed by atoms with Crippen LogP contribution in [0.25, 0.3) is 0 Å². The zero-order chi connectivity index (χ0) is 15.9. The Labute approximate surface area is 145 Å². The number of β-amino-alcohol motifs (C(OH)–C–C–N with tert-alkyl or cyclic N) is 1. The number of benzene rings is 1. The van der Waals surface area contributed by atoms with Gasteiger partial charge >= 0.3 is 0 Å². The highest BCUT2D eigenvalue weighted by molar-refractivity contribution is 5.85. The molecule has 3 atom stereocenters. The fourth-order valence-electron chi connectivity index (χ4n) is 2.94. The van der Waals surface area contributed by atoms with Crippen LogP contribution in [0.1, 0.15) is 19.4 Å². The predicted octanol–water partition coefficient (Wildman–Crippen LogP) is 2.69. The third-order valence-electron chi connectivity index (χ3n) is 3.73. The van der Waals surface area contributed by atoms with Gasteiger partial charge in [0, 0.05) is 19.6 Å². The van der Waals surface area contributed by atoms with Gasteiger partial charge in [-0.1, -0.05) is 24.3 Å². The van der Waals surface area contributed by atoms with Gasteiger partial charge in [0.1, 0.15) is 18.5 Å². The summed E-state index contributed by atoms with van der Waals surface area (Å²) in [5.74, 6) is 0.824. The van der Waals surface area contributed by atoms with Crippen LogP contribution in [0.15, 0.2) is 36.9 Å². The second-order valence-electron chi connectivity index (χ2n) is 6.04. The second-order valence-corrected chi connectivity index (χ2v) is 6.04. The van der Waals surface area contributed by atoms with E-state index < -0.39 is 6.10 Å². The number of ether oxygens (including phenoxy) is 2. The highest BCUT2D eigenvalue weighted by Crippen LogP contribution is 2.19. The summed E-state index contributed by atoms with van der Waals surface area (Å²) in [6.45, 7) is 10.5. The summed E-state index contributed by atoms with van der Waals surface area (Å²) < 4.78 is 11.5. The molecule has 0 saturated carbocycles. The standard InChI is InChI=1S/C18H27NO3.ClH/c1-4-7-16-8-5-6-9-18(16)21-13-17(20)12-19-10-14(2)22-15(3)11-19;/h4-6,8-9,14-15,17,20H,1,7,10-13H2,2-3H3;1H. The van der Waals surface area contributed by atoms with Crippen LogP contribution < -0.4 is 4.74 Å². The van der Waals surface area contributed by atoms with Gasteiger partial charge in [-0.2, -0.15) is 0 Å². The average molecular weight is 342 g/mol. The van der Waals surface area contributed by atoms with Gasteiger partial charge < -0.3 is 14.6 Å². The molecular formula is C18H28ClNO3. The number of hydrogen-bond donors (Lipinski definition) is 1. The molecule has 1 saturated heterocycles. The average Bonchev–Trinajstić information content (AvgIpc) is 2.45. The van der Waals surface area contributed by atoms with Gasteiger partial charge in [0.15, 0.2) is 0 Å². The molecule has 0 aliphatic carbocycles. The zero-order valence-electron chi connectivity index (χ0n) is 14.0. The zero-order valence-corrected chi connectivity index (χ0v) is 14.8. The van der Waals surface area contributed by atoms with Gasteiger partial charge in [0.2, 0.25) is 0 Å². The molecule has 1 aliphatic heterocycles. The summed E-state index contributed by atoms with van der Waals surface area (Å²) in [5.41, 5.74) is 1.10. The summed E-state index contributed by atoms with van der Waals surface area (Å²) in [6.07, 6.45) is 2.55. The Balaban J connectivity index is 0.00000264. The molecule has 4 nitrogen and oxygen atoms in total. The maximum Gasteiger partial charge on any atom is 0.122 e. The molecular weight excluding hydrogens is 314 g/mol. The monoisotopic (exact) mass is 341 g/mol. The predicted molar refractivity (Wildman–Crippen MR) is 95.5 cm³/mol. The normalized spacial score (nSPS) is 22.9. The first kappa shape index (κ1) is 20.0. The Morgan fingerprint density at radius 1 is 1.35 bits per heavy atom. The molecule has 1 aliphatic rings. The number of allylic oxidation sites excluding steroid dienone is 1. The van der Waals surface area contributed by atoms with Crippen molar-refractivity contribution in [2.45, 2.75) is 38.6 Å². The lowest BCUT2D eigenvalue weighted by Crippen LogP contribution is -2.48. The van der Waals surface area contributed by atoms with Crippen LogP contribution in [0.5, 0.6) is 5.75 Å². The summed E-state index contributed by atoms with van der Waals surface area (Å²) in [6, 6.07) is 7.89. The van der Waals surface area contributed by atoms with Gasteiger partial charge in [-0.25, -0.2) is 0 Å². The lowest BCUT2D eigenvalue weighted by molar-refractivity contribution is -0.0787. The Morgan fingerprint density at radius 2 is 2.00 bits per heavy atom. The van der Waals surface area contributed by atoms with Crippen LogP contribution in [0.4, 0.5) is 0 Å². The second kappa shape index (κ2) is 9.93. The van der Waals surface area contributed by atoms with Crippen LogP contribution in [0, 0.1) is 0 Å². The first-order valence-corrected chi connectivity index (χ1v) is 7.96. The van der Waals surface area contributed by atoms with E-state index in [9.17, 15) is 5.11 Å². The van der Waals surface area contributed by atoms with Crippen LogP contribution in [0.2, 0.25) is 0 Å². The van der Waals surface area contributed by atoms with Gasteiger partial charge in [-0.15, -0.1) is 19.0 Å². The number of rotatable bonds is 7. The molecule has 1 heterocycles. The maximum atomic E-state index is 10.2. The minimum absolute atomic E-state index is 0. The van der Waals surface area contributed by atoms with Gasteiger partial charge in [-0.05, 0) is 31.9 Å².